The Morgan fingerprint density at radius 1 is 1.13 bits per heavy atom. The molecule has 1 N–H and O–H groups in total. The van der Waals surface area contributed by atoms with Crippen molar-refractivity contribution in [3.63, 3.8) is 0 Å². The molecule has 1 heterocycles. The van der Waals surface area contributed by atoms with Crippen molar-refractivity contribution in [1.82, 2.24) is 0 Å². The molecular formula is C27H31N3O. The second kappa shape index (κ2) is 8.43. The van der Waals surface area contributed by atoms with Gasteiger partial charge in [0.2, 0.25) is 0 Å². The maximum Gasteiger partial charge on any atom is 0.266 e. The summed E-state index contributed by atoms with van der Waals surface area (Å²) in [4.78, 5) is 15.1. The number of nitriles is 1. The van der Waals surface area contributed by atoms with Gasteiger partial charge in [0.1, 0.15) is 11.6 Å². The van der Waals surface area contributed by atoms with E-state index in [1.165, 1.54) is 11.3 Å². The minimum Gasteiger partial charge on any atom is -0.360 e. The predicted octanol–water partition coefficient (Wildman–Crippen LogP) is 6.26. The van der Waals surface area contributed by atoms with Crippen LogP contribution in [0.5, 0.6) is 0 Å². The molecule has 0 bridgehead atoms. The molecule has 160 valence electrons. The summed E-state index contributed by atoms with van der Waals surface area (Å²) in [5, 5.41) is 12.5. The van der Waals surface area contributed by atoms with Gasteiger partial charge in [-0.15, -0.1) is 0 Å². The van der Waals surface area contributed by atoms with Crippen LogP contribution in [0.25, 0.3) is 11.6 Å². The van der Waals surface area contributed by atoms with Crippen LogP contribution in [0.1, 0.15) is 56.9 Å². The molecule has 1 aliphatic rings. The van der Waals surface area contributed by atoms with E-state index in [0.29, 0.717) is 6.04 Å². The Bertz CT molecular complexity index is 1130. The number of fused-ring (bicyclic) bond motifs is 1. The number of rotatable bonds is 4. The number of allylic oxidation sites excluding steroid dienone is 1. The van der Waals surface area contributed by atoms with E-state index in [2.05, 4.69) is 69.1 Å². The van der Waals surface area contributed by atoms with Gasteiger partial charge in [-0.25, -0.2) is 0 Å². The van der Waals surface area contributed by atoms with E-state index in [0.717, 1.165) is 27.9 Å². The summed E-state index contributed by atoms with van der Waals surface area (Å²) in [6, 6.07) is 14.4. The van der Waals surface area contributed by atoms with Crippen molar-refractivity contribution in [3.05, 3.63) is 70.3 Å². The molecule has 4 heteroatoms. The molecule has 0 aliphatic carbocycles. The first-order valence-corrected chi connectivity index (χ1v) is 10.7. The van der Waals surface area contributed by atoms with Crippen LogP contribution in [0, 0.1) is 25.2 Å². The molecule has 0 aromatic heterocycles. The minimum atomic E-state index is -0.399. The van der Waals surface area contributed by atoms with Gasteiger partial charge in [0.05, 0.1) is 5.54 Å². The summed E-state index contributed by atoms with van der Waals surface area (Å²) < 4.78 is 0. The number of anilines is 2. The topological polar surface area (TPSA) is 56.1 Å². The first-order chi connectivity index (χ1) is 14.5. The fourth-order valence-electron chi connectivity index (χ4n) is 4.56. The van der Waals surface area contributed by atoms with Crippen molar-refractivity contribution >= 4 is 28.9 Å². The Kier molecular flexibility index (Phi) is 6.08. The molecule has 31 heavy (non-hydrogen) atoms. The third-order valence-corrected chi connectivity index (χ3v) is 5.72. The maximum atomic E-state index is 12.7. The molecule has 0 fully saturated rings. The first-order valence-electron chi connectivity index (χ1n) is 10.7. The van der Waals surface area contributed by atoms with Crippen LogP contribution in [-0.4, -0.2) is 17.5 Å². The van der Waals surface area contributed by atoms with Crippen molar-refractivity contribution in [2.75, 3.05) is 10.2 Å². The van der Waals surface area contributed by atoms with E-state index in [9.17, 15) is 10.1 Å². The van der Waals surface area contributed by atoms with Gasteiger partial charge in [-0.1, -0.05) is 29.8 Å². The fraction of sp³-hybridized carbons (Fsp3) is 0.333. The van der Waals surface area contributed by atoms with E-state index in [4.69, 9.17) is 0 Å². The number of nitrogens with zero attached hydrogens (tertiary/aromatic N) is 2. The van der Waals surface area contributed by atoms with Crippen molar-refractivity contribution in [2.45, 2.75) is 60.0 Å². The van der Waals surface area contributed by atoms with Gasteiger partial charge >= 0.3 is 0 Å². The van der Waals surface area contributed by atoms with Crippen molar-refractivity contribution in [2.24, 2.45) is 0 Å². The number of aryl methyl sites for hydroxylation is 2. The molecule has 3 rings (SSSR count). The summed E-state index contributed by atoms with van der Waals surface area (Å²) >= 11 is 0. The lowest BCUT2D eigenvalue weighted by Gasteiger charge is -2.46. The lowest BCUT2D eigenvalue weighted by atomic mass is 9.87. The van der Waals surface area contributed by atoms with Crippen LogP contribution in [0.3, 0.4) is 0 Å². The highest BCUT2D eigenvalue weighted by molar-refractivity contribution is 6.10. The standard InChI is InChI=1S/C27H31N3O/c1-17(2)30-25-11-9-21(14-23(25)20(5)15-27(30,6)7)13-22(16-28)26(31)29-24-10-8-18(3)12-19(24)4/h8-15,17H,1-7H3,(H,29,31)/b22-13-. The third kappa shape index (κ3) is 4.56. The number of benzene rings is 2. The summed E-state index contributed by atoms with van der Waals surface area (Å²) in [5.41, 5.74) is 7.16. The van der Waals surface area contributed by atoms with E-state index in [-0.39, 0.29) is 11.1 Å². The third-order valence-electron chi connectivity index (χ3n) is 5.72. The number of hydrogen-bond donors (Lipinski definition) is 1. The van der Waals surface area contributed by atoms with E-state index >= 15 is 0 Å². The Balaban J connectivity index is 1.95. The highest BCUT2D eigenvalue weighted by atomic mass is 16.1. The molecule has 0 saturated heterocycles. The Hall–Kier alpha value is -3.32. The van der Waals surface area contributed by atoms with Gasteiger partial charge in [0.15, 0.2) is 0 Å². The number of carbonyl (C=O) groups excluding carboxylic acids is 1. The van der Waals surface area contributed by atoms with Crippen LogP contribution in [0.2, 0.25) is 0 Å². The summed E-state index contributed by atoms with van der Waals surface area (Å²) in [5.74, 6) is -0.399. The zero-order valence-corrected chi connectivity index (χ0v) is 19.5. The predicted molar refractivity (Wildman–Crippen MR) is 130 cm³/mol. The van der Waals surface area contributed by atoms with Crippen LogP contribution in [0.15, 0.2) is 48.0 Å². The average molecular weight is 414 g/mol. The first kappa shape index (κ1) is 22.4. The molecule has 1 aliphatic heterocycles. The molecular weight excluding hydrogens is 382 g/mol. The minimum absolute atomic E-state index is 0.0772. The smallest absolute Gasteiger partial charge is 0.266 e. The molecule has 0 atom stereocenters. The number of nitrogens with one attached hydrogen (secondary N) is 1. The molecule has 2 aromatic carbocycles. The molecule has 0 saturated carbocycles. The second-order valence-corrected chi connectivity index (χ2v) is 9.16. The maximum absolute atomic E-state index is 12.7. The zero-order valence-electron chi connectivity index (χ0n) is 19.5. The Morgan fingerprint density at radius 2 is 1.84 bits per heavy atom. The van der Waals surface area contributed by atoms with Crippen LogP contribution < -0.4 is 10.2 Å². The van der Waals surface area contributed by atoms with Gasteiger partial charge in [-0.3, -0.25) is 4.79 Å². The normalized spacial score (nSPS) is 15.3. The molecule has 0 unspecified atom stereocenters. The van der Waals surface area contributed by atoms with Gasteiger partial charge in [-0.05, 0) is 89.4 Å². The van der Waals surface area contributed by atoms with Gasteiger partial charge in [-0.2, -0.15) is 5.26 Å². The Labute approximate surface area is 185 Å². The van der Waals surface area contributed by atoms with E-state index < -0.39 is 5.91 Å². The lowest BCUT2D eigenvalue weighted by molar-refractivity contribution is -0.112. The lowest BCUT2D eigenvalue weighted by Crippen LogP contribution is -2.49. The second-order valence-electron chi connectivity index (χ2n) is 9.16. The number of carbonyl (C=O) groups is 1. The van der Waals surface area contributed by atoms with Crippen molar-refractivity contribution < 1.29 is 4.79 Å². The number of amides is 1. The highest BCUT2D eigenvalue weighted by Crippen LogP contribution is 2.40. The van der Waals surface area contributed by atoms with Crippen LogP contribution >= 0.6 is 0 Å². The van der Waals surface area contributed by atoms with Gasteiger partial charge in [0.25, 0.3) is 5.91 Å². The SMILES string of the molecule is CC1=CC(C)(C)N(C(C)C)c2ccc(/C=C(/C#N)C(=O)Nc3ccc(C)cc3C)cc21. The molecule has 0 spiro atoms. The fourth-order valence-corrected chi connectivity index (χ4v) is 4.56. The summed E-state index contributed by atoms with van der Waals surface area (Å²) in [6.07, 6.45) is 3.94. The Morgan fingerprint density at radius 3 is 2.45 bits per heavy atom. The van der Waals surface area contributed by atoms with E-state index in [1.54, 1.807) is 6.08 Å². The summed E-state index contributed by atoms with van der Waals surface area (Å²) in [7, 11) is 0. The van der Waals surface area contributed by atoms with Gasteiger partial charge in [0, 0.05) is 23.0 Å². The highest BCUT2D eigenvalue weighted by Gasteiger charge is 2.32. The van der Waals surface area contributed by atoms with Crippen molar-refractivity contribution in [1.29, 1.82) is 5.26 Å². The van der Waals surface area contributed by atoms with Crippen LogP contribution in [-0.2, 0) is 4.79 Å². The number of hydrogen-bond acceptors (Lipinski definition) is 3. The molecule has 1 amide bonds. The summed E-state index contributed by atoms with van der Waals surface area (Å²) in [6.45, 7) is 14.9. The quantitative estimate of drug-likeness (QED) is 0.475. The van der Waals surface area contributed by atoms with Gasteiger partial charge < -0.3 is 10.2 Å². The largest absolute Gasteiger partial charge is 0.360 e. The average Bonchev–Trinajstić information content (AvgIpc) is 2.67. The monoisotopic (exact) mass is 413 g/mol. The van der Waals surface area contributed by atoms with E-state index in [1.807, 2.05) is 38.1 Å². The molecule has 4 nitrogen and oxygen atoms in total. The zero-order chi connectivity index (χ0) is 22.9. The molecule has 2 aromatic rings. The molecule has 0 radical (unpaired) electrons. The van der Waals surface area contributed by atoms with Crippen molar-refractivity contribution in [3.8, 4) is 6.07 Å². The van der Waals surface area contributed by atoms with Crippen LogP contribution in [0.4, 0.5) is 11.4 Å².